The molecule has 2 aromatic rings. The zero-order valence-electron chi connectivity index (χ0n) is 17.8. The van der Waals surface area contributed by atoms with Crippen LogP contribution in [0, 0.1) is 0 Å². The van der Waals surface area contributed by atoms with E-state index in [0.717, 1.165) is 8.97 Å². The van der Waals surface area contributed by atoms with Crippen molar-refractivity contribution < 1.29 is 8.97 Å². The Morgan fingerprint density at radius 3 is 1.08 bits per heavy atom. The van der Waals surface area contributed by atoms with Gasteiger partial charge < -0.3 is 8.97 Å². The van der Waals surface area contributed by atoms with Gasteiger partial charge in [-0.05, 0) is 35.1 Å². The van der Waals surface area contributed by atoms with Gasteiger partial charge in [-0.3, -0.25) is 0 Å². The smallest absolute Gasteiger partial charge is 0.0783 e. The third kappa shape index (κ3) is 7.72. The van der Waals surface area contributed by atoms with Crippen LogP contribution in [0.15, 0.2) is 48.5 Å². The molecule has 0 amide bonds. The lowest BCUT2D eigenvalue weighted by molar-refractivity contribution is -0.870. The minimum absolute atomic E-state index is 1.04. The second-order valence-electron chi connectivity index (χ2n) is 9.63. The van der Waals surface area contributed by atoms with Gasteiger partial charge in [-0.1, -0.05) is 48.5 Å². The summed E-state index contributed by atoms with van der Waals surface area (Å²) in [7, 11) is 13.6. The Balaban J connectivity index is 1.88. The predicted molar refractivity (Wildman–Crippen MR) is 114 cm³/mol. The molecule has 0 unspecified atom stereocenters. The average molecular weight is 355 g/mol. The van der Waals surface area contributed by atoms with E-state index < -0.39 is 0 Å². The molecule has 0 aliphatic heterocycles. The molecule has 0 spiro atoms. The molecule has 2 rings (SSSR count). The van der Waals surface area contributed by atoms with Crippen molar-refractivity contribution >= 4 is 0 Å². The maximum atomic E-state index is 2.29. The van der Waals surface area contributed by atoms with E-state index in [9.17, 15) is 0 Å². The van der Waals surface area contributed by atoms with Crippen LogP contribution in [-0.4, -0.2) is 64.3 Å². The molecule has 2 nitrogen and oxygen atoms in total. The van der Waals surface area contributed by atoms with Crippen LogP contribution in [0.2, 0.25) is 0 Å². The molecule has 0 fully saturated rings. The zero-order chi connectivity index (χ0) is 19.2. The Bertz CT molecular complexity index is 594. The van der Waals surface area contributed by atoms with Crippen molar-refractivity contribution in [3.8, 4) is 11.1 Å². The molecule has 0 aliphatic carbocycles. The molecule has 0 bridgehead atoms. The maximum Gasteiger partial charge on any atom is 0.0783 e. The van der Waals surface area contributed by atoms with Crippen LogP contribution in [0.4, 0.5) is 0 Å². The number of hydrogen-bond acceptors (Lipinski definition) is 0. The fraction of sp³-hybridized carbons (Fsp3) is 0.500. The van der Waals surface area contributed by atoms with Crippen LogP contribution in [0.1, 0.15) is 24.0 Å². The van der Waals surface area contributed by atoms with Crippen LogP contribution >= 0.6 is 0 Å². The summed E-state index contributed by atoms with van der Waals surface area (Å²) in [5.41, 5.74) is 5.52. The molecule has 0 saturated carbocycles. The van der Waals surface area contributed by atoms with Crippen molar-refractivity contribution in [2.24, 2.45) is 0 Å². The van der Waals surface area contributed by atoms with E-state index in [0.29, 0.717) is 0 Å². The summed E-state index contributed by atoms with van der Waals surface area (Å²) in [5, 5.41) is 0. The molecule has 0 saturated heterocycles. The van der Waals surface area contributed by atoms with E-state index in [-0.39, 0.29) is 0 Å². The van der Waals surface area contributed by atoms with Gasteiger partial charge in [0.2, 0.25) is 0 Å². The Morgan fingerprint density at radius 1 is 0.500 bits per heavy atom. The van der Waals surface area contributed by atoms with E-state index >= 15 is 0 Å². The van der Waals surface area contributed by atoms with Gasteiger partial charge in [-0.2, -0.15) is 0 Å². The Morgan fingerprint density at radius 2 is 0.808 bits per heavy atom. The monoisotopic (exact) mass is 354 g/mol. The van der Waals surface area contributed by atoms with E-state index in [1.165, 1.54) is 61.0 Å². The predicted octanol–water partition coefficient (Wildman–Crippen LogP) is 4.63. The molecule has 0 N–H and O–H groups in total. The van der Waals surface area contributed by atoms with Gasteiger partial charge in [0, 0.05) is 12.8 Å². The molecule has 2 aromatic carbocycles. The van der Waals surface area contributed by atoms with Gasteiger partial charge in [0.1, 0.15) is 0 Å². The topological polar surface area (TPSA) is 0 Å². The molecule has 142 valence electrons. The molecular weight excluding hydrogens is 316 g/mol. The van der Waals surface area contributed by atoms with Crippen LogP contribution < -0.4 is 0 Å². The third-order valence-corrected chi connectivity index (χ3v) is 4.83. The van der Waals surface area contributed by atoms with Crippen LogP contribution in [-0.2, 0) is 12.8 Å². The molecule has 0 aromatic heterocycles. The average Bonchev–Trinajstić information content (AvgIpc) is 2.54. The highest BCUT2D eigenvalue weighted by atomic mass is 15.3. The van der Waals surface area contributed by atoms with Gasteiger partial charge in [-0.15, -0.1) is 0 Å². The molecule has 0 aliphatic rings. The van der Waals surface area contributed by atoms with Gasteiger partial charge in [0.05, 0.1) is 55.4 Å². The van der Waals surface area contributed by atoms with Crippen molar-refractivity contribution in [2.75, 3.05) is 55.4 Å². The number of benzene rings is 2. The van der Waals surface area contributed by atoms with Gasteiger partial charge in [0.15, 0.2) is 0 Å². The molecule has 0 heterocycles. The first-order chi connectivity index (χ1) is 12.1. The first kappa shape index (κ1) is 20.7. The Kier molecular flexibility index (Phi) is 7.02. The quantitative estimate of drug-likeness (QED) is 0.576. The number of rotatable bonds is 9. The lowest BCUT2D eigenvalue weighted by Gasteiger charge is -2.23. The lowest BCUT2D eigenvalue weighted by atomic mass is 10.00. The summed E-state index contributed by atoms with van der Waals surface area (Å²) in [4.78, 5) is 0. The fourth-order valence-electron chi connectivity index (χ4n) is 3.24. The van der Waals surface area contributed by atoms with Crippen LogP contribution in [0.25, 0.3) is 11.1 Å². The van der Waals surface area contributed by atoms with E-state index in [4.69, 9.17) is 0 Å². The number of aryl methyl sites for hydroxylation is 2. The minimum Gasteiger partial charge on any atom is -0.331 e. The number of hydrogen-bond donors (Lipinski definition) is 0. The molecular formula is C24H38N2+2. The molecule has 0 radical (unpaired) electrons. The summed E-state index contributed by atoms with van der Waals surface area (Å²) in [6, 6.07) is 18.3. The second-order valence-corrected chi connectivity index (χ2v) is 9.63. The van der Waals surface area contributed by atoms with E-state index in [2.05, 4.69) is 90.8 Å². The number of nitrogens with zero attached hydrogens (tertiary/aromatic N) is 2. The van der Waals surface area contributed by atoms with Gasteiger partial charge in [-0.25, -0.2) is 0 Å². The molecule has 0 atom stereocenters. The van der Waals surface area contributed by atoms with Crippen molar-refractivity contribution in [3.05, 3.63) is 59.7 Å². The normalized spacial score (nSPS) is 12.4. The van der Waals surface area contributed by atoms with Crippen molar-refractivity contribution in [3.63, 3.8) is 0 Å². The van der Waals surface area contributed by atoms with E-state index in [1.54, 1.807) is 0 Å². The van der Waals surface area contributed by atoms with Crippen LogP contribution in [0.3, 0.4) is 0 Å². The standard InChI is InChI=1S/C24H38N2/c1-25(2,3)19-7-9-21-11-15-23(16-12-21)24-17-13-22(14-18-24)10-8-20-26(4,5)6/h11-18H,7-10,19-20H2,1-6H3/q+2. The summed E-state index contributed by atoms with van der Waals surface area (Å²) in [6.45, 7) is 2.44. The van der Waals surface area contributed by atoms with Crippen molar-refractivity contribution in [1.29, 1.82) is 0 Å². The summed E-state index contributed by atoms with van der Waals surface area (Å²) in [6.07, 6.45) is 4.82. The molecule has 2 heteroatoms. The zero-order valence-corrected chi connectivity index (χ0v) is 17.8. The Labute approximate surface area is 161 Å². The molecule has 26 heavy (non-hydrogen) atoms. The van der Waals surface area contributed by atoms with Gasteiger partial charge in [0.25, 0.3) is 0 Å². The van der Waals surface area contributed by atoms with Gasteiger partial charge >= 0.3 is 0 Å². The highest BCUT2D eigenvalue weighted by Crippen LogP contribution is 2.21. The third-order valence-electron chi connectivity index (χ3n) is 4.83. The van der Waals surface area contributed by atoms with Crippen LogP contribution in [0.5, 0.6) is 0 Å². The van der Waals surface area contributed by atoms with E-state index in [1.807, 2.05) is 0 Å². The summed E-state index contributed by atoms with van der Waals surface area (Å²) >= 11 is 0. The SMILES string of the molecule is C[N+](C)(C)CCCc1ccc(-c2ccc(CCC[N+](C)(C)C)cc2)cc1. The first-order valence-electron chi connectivity index (χ1n) is 9.92. The lowest BCUT2D eigenvalue weighted by Crippen LogP contribution is -2.35. The summed E-state index contributed by atoms with van der Waals surface area (Å²) in [5.74, 6) is 0. The highest BCUT2D eigenvalue weighted by molar-refractivity contribution is 5.63. The largest absolute Gasteiger partial charge is 0.331 e. The number of quaternary nitrogens is 2. The fourth-order valence-corrected chi connectivity index (χ4v) is 3.24. The first-order valence-corrected chi connectivity index (χ1v) is 9.92. The summed E-state index contributed by atoms with van der Waals surface area (Å²) < 4.78 is 2.08. The van der Waals surface area contributed by atoms with Crippen molar-refractivity contribution in [2.45, 2.75) is 25.7 Å². The second kappa shape index (κ2) is 8.83. The van der Waals surface area contributed by atoms with Crippen molar-refractivity contribution in [1.82, 2.24) is 0 Å². The maximum absolute atomic E-state index is 2.29. The minimum atomic E-state index is 1.04. The highest BCUT2D eigenvalue weighted by Gasteiger charge is 2.07. The Hall–Kier alpha value is -1.64.